The summed E-state index contributed by atoms with van der Waals surface area (Å²) in [4.78, 5) is 19.0. The van der Waals surface area contributed by atoms with Crippen LogP contribution < -0.4 is 10.1 Å². The predicted molar refractivity (Wildman–Crippen MR) is 95.1 cm³/mol. The van der Waals surface area contributed by atoms with E-state index in [1.54, 1.807) is 18.4 Å². The molecule has 5 nitrogen and oxygen atoms in total. The highest BCUT2D eigenvalue weighted by Gasteiger charge is 2.27. The summed E-state index contributed by atoms with van der Waals surface area (Å²) in [7, 11) is 1.65. The summed E-state index contributed by atoms with van der Waals surface area (Å²) in [6.07, 6.45) is 4.68. The van der Waals surface area contributed by atoms with Crippen LogP contribution in [0.5, 0.6) is 5.75 Å². The zero-order valence-electron chi connectivity index (χ0n) is 13.9. The molecule has 3 rings (SSSR count). The van der Waals surface area contributed by atoms with Crippen LogP contribution in [0.4, 0.5) is 0 Å². The first-order valence-corrected chi connectivity index (χ1v) is 9.18. The summed E-state index contributed by atoms with van der Waals surface area (Å²) in [5.41, 5.74) is 0.996. The molecule has 6 heteroatoms. The van der Waals surface area contributed by atoms with Crippen molar-refractivity contribution in [1.29, 1.82) is 0 Å². The van der Waals surface area contributed by atoms with Gasteiger partial charge in [-0.05, 0) is 25.5 Å². The summed E-state index contributed by atoms with van der Waals surface area (Å²) in [6, 6.07) is 8.14. The Balaban J connectivity index is 1.47. The zero-order valence-corrected chi connectivity index (χ0v) is 14.7. The van der Waals surface area contributed by atoms with Crippen molar-refractivity contribution in [2.24, 2.45) is 0 Å². The minimum Gasteiger partial charge on any atom is -0.496 e. The van der Waals surface area contributed by atoms with Crippen LogP contribution in [0.2, 0.25) is 0 Å². The number of ether oxygens (including phenoxy) is 1. The number of methoxy groups -OCH3 is 1. The second-order valence-electron chi connectivity index (χ2n) is 5.90. The number of carbonyl (C=O) groups is 1. The quantitative estimate of drug-likeness (QED) is 0.838. The molecule has 0 spiro atoms. The molecule has 0 radical (unpaired) electrons. The number of amides is 1. The van der Waals surface area contributed by atoms with E-state index in [9.17, 15) is 4.79 Å². The van der Waals surface area contributed by atoms with E-state index in [1.807, 2.05) is 35.8 Å². The molecule has 2 heterocycles. The third kappa shape index (κ3) is 4.13. The fourth-order valence-corrected chi connectivity index (χ4v) is 3.96. The molecule has 24 heavy (non-hydrogen) atoms. The molecule has 0 saturated carbocycles. The number of aromatic nitrogens is 1. The minimum absolute atomic E-state index is 0.0747. The number of carbonyl (C=O) groups excluding carboxylic acids is 1. The van der Waals surface area contributed by atoms with Crippen molar-refractivity contribution in [3.05, 3.63) is 46.4 Å². The van der Waals surface area contributed by atoms with E-state index in [0.717, 1.165) is 30.8 Å². The van der Waals surface area contributed by atoms with E-state index in [0.29, 0.717) is 19.0 Å². The van der Waals surface area contributed by atoms with Crippen molar-refractivity contribution < 1.29 is 9.53 Å². The summed E-state index contributed by atoms with van der Waals surface area (Å²) in [5.74, 6) is 0.881. The standard InChI is InChI=1S/C18H23N3O2S/c1-23-16-7-3-2-5-14(16)13-20-17(22)8-11-21-10-4-6-15(21)18-19-9-12-24-18/h2-3,5,7,9,12,15H,4,6,8,10-11,13H2,1H3,(H,20,22)/t15-/m1/s1. The number of thiazole rings is 1. The lowest BCUT2D eigenvalue weighted by molar-refractivity contribution is -0.121. The number of hydrogen-bond donors (Lipinski definition) is 1. The molecule has 1 atom stereocenters. The third-order valence-corrected chi connectivity index (χ3v) is 5.27. The van der Waals surface area contributed by atoms with Crippen LogP contribution in [0.15, 0.2) is 35.8 Å². The molecule has 1 aliphatic heterocycles. The molecule has 0 aliphatic carbocycles. The van der Waals surface area contributed by atoms with Crippen molar-refractivity contribution >= 4 is 17.2 Å². The first-order chi connectivity index (χ1) is 11.8. The SMILES string of the molecule is COc1ccccc1CNC(=O)CCN1CCC[C@@H]1c1nccs1. The third-order valence-electron chi connectivity index (χ3n) is 4.39. The Morgan fingerprint density at radius 1 is 1.46 bits per heavy atom. The van der Waals surface area contributed by atoms with Gasteiger partial charge >= 0.3 is 0 Å². The Bertz CT molecular complexity index is 660. The topological polar surface area (TPSA) is 54.5 Å². The van der Waals surface area contributed by atoms with E-state index < -0.39 is 0 Å². The van der Waals surface area contributed by atoms with E-state index in [-0.39, 0.29) is 5.91 Å². The lowest BCUT2D eigenvalue weighted by Crippen LogP contribution is -2.30. The number of rotatable bonds is 7. The van der Waals surface area contributed by atoms with Gasteiger partial charge in [-0.2, -0.15) is 0 Å². The van der Waals surface area contributed by atoms with Gasteiger partial charge < -0.3 is 10.1 Å². The minimum atomic E-state index is 0.0747. The van der Waals surface area contributed by atoms with Crippen LogP contribution >= 0.6 is 11.3 Å². The molecule has 1 fully saturated rings. The van der Waals surface area contributed by atoms with Crippen molar-refractivity contribution in [3.63, 3.8) is 0 Å². The fraction of sp³-hybridized carbons (Fsp3) is 0.444. The average Bonchev–Trinajstić information content (AvgIpc) is 3.29. The molecule has 1 aliphatic rings. The van der Waals surface area contributed by atoms with Gasteiger partial charge in [0.1, 0.15) is 10.8 Å². The first kappa shape index (κ1) is 16.9. The highest BCUT2D eigenvalue weighted by Crippen LogP contribution is 2.32. The van der Waals surface area contributed by atoms with Gasteiger partial charge in [0.2, 0.25) is 5.91 Å². The molecule has 1 amide bonds. The molecule has 1 saturated heterocycles. The van der Waals surface area contributed by atoms with Crippen molar-refractivity contribution in [3.8, 4) is 5.75 Å². The highest BCUT2D eigenvalue weighted by molar-refractivity contribution is 7.09. The van der Waals surface area contributed by atoms with Gasteiger partial charge in [-0.3, -0.25) is 9.69 Å². The number of para-hydroxylation sites is 1. The Morgan fingerprint density at radius 2 is 2.33 bits per heavy atom. The van der Waals surface area contributed by atoms with E-state index >= 15 is 0 Å². The molecule has 2 aromatic rings. The van der Waals surface area contributed by atoms with Gasteiger partial charge in [0.05, 0.1) is 13.2 Å². The van der Waals surface area contributed by atoms with Crippen LogP contribution in [-0.4, -0.2) is 36.0 Å². The van der Waals surface area contributed by atoms with Crippen molar-refractivity contribution in [2.45, 2.75) is 31.8 Å². The number of nitrogens with zero attached hydrogens (tertiary/aromatic N) is 2. The molecule has 1 N–H and O–H groups in total. The highest BCUT2D eigenvalue weighted by atomic mass is 32.1. The lowest BCUT2D eigenvalue weighted by Gasteiger charge is -2.22. The van der Waals surface area contributed by atoms with Gasteiger partial charge in [0, 0.05) is 36.7 Å². The Kier molecular flexibility index (Phi) is 5.82. The van der Waals surface area contributed by atoms with E-state index in [2.05, 4.69) is 15.2 Å². The second kappa shape index (κ2) is 8.26. The lowest BCUT2D eigenvalue weighted by atomic mass is 10.2. The summed E-state index contributed by atoms with van der Waals surface area (Å²) >= 11 is 1.70. The first-order valence-electron chi connectivity index (χ1n) is 8.30. The largest absolute Gasteiger partial charge is 0.496 e. The summed E-state index contributed by atoms with van der Waals surface area (Å²) in [5, 5.41) is 6.18. The van der Waals surface area contributed by atoms with Crippen LogP contribution in [0.3, 0.4) is 0 Å². The summed E-state index contributed by atoms with van der Waals surface area (Å²) in [6.45, 7) is 2.32. The molecule has 0 unspecified atom stereocenters. The monoisotopic (exact) mass is 345 g/mol. The van der Waals surface area contributed by atoms with Crippen LogP contribution in [0.1, 0.15) is 35.9 Å². The van der Waals surface area contributed by atoms with Crippen LogP contribution in [-0.2, 0) is 11.3 Å². The number of likely N-dealkylation sites (tertiary alicyclic amines) is 1. The summed E-state index contributed by atoms with van der Waals surface area (Å²) < 4.78 is 5.31. The number of nitrogens with one attached hydrogen (secondary N) is 1. The van der Waals surface area contributed by atoms with Crippen molar-refractivity contribution in [2.75, 3.05) is 20.2 Å². The second-order valence-corrected chi connectivity index (χ2v) is 6.83. The zero-order chi connectivity index (χ0) is 16.8. The molecule has 1 aromatic heterocycles. The van der Waals surface area contributed by atoms with Crippen molar-refractivity contribution in [1.82, 2.24) is 15.2 Å². The maximum atomic E-state index is 12.2. The Morgan fingerprint density at radius 3 is 3.12 bits per heavy atom. The number of benzene rings is 1. The predicted octanol–water partition coefficient (Wildman–Crippen LogP) is 3.00. The molecule has 1 aromatic carbocycles. The maximum Gasteiger partial charge on any atom is 0.221 e. The van der Waals surface area contributed by atoms with E-state index in [4.69, 9.17) is 4.74 Å². The van der Waals surface area contributed by atoms with Gasteiger partial charge in [-0.1, -0.05) is 18.2 Å². The van der Waals surface area contributed by atoms with Crippen LogP contribution in [0.25, 0.3) is 0 Å². The number of hydrogen-bond acceptors (Lipinski definition) is 5. The smallest absolute Gasteiger partial charge is 0.221 e. The van der Waals surface area contributed by atoms with Gasteiger partial charge in [0.25, 0.3) is 0 Å². The Hall–Kier alpha value is -1.92. The molecular weight excluding hydrogens is 322 g/mol. The maximum absolute atomic E-state index is 12.2. The normalized spacial score (nSPS) is 17.8. The van der Waals surface area contributed by atoms with Gasteiger partial charge in [0.15, 0.2) is 0 Å². The molecular formula is C18H23N3O2S. The fourth-order valence-electron chi connectivity index (χ4n) is 3.15. The van der Waals surface area contributed by atoms with Gasteiger partial charge in [-0.15, -0.1) is 11.3 Å². The molecule has 128 valence electrons. The Labute approximate surface area is 146 Å². The van der Waals surface area contributed by atoms with Gasteiger partial charge in [-0.25, -0.2) is 4.98 Å². The van der Waals surface area contributed by atoms with E-state index in [1.165, 1.54) is 11.4 Å². The average molecular weight is 345 g/mol. The molecule has 0 bridgehead atoms. The van der Waals surface area contributed by atoms with Crippen LogP contribution in [0, 0.1) is 0 Å².